The van der Waals surface area contributed by atoms with E-state index in [2.05, 4.69) is 13.8 Å². The number of fused-ring (bicyclic) bond motifs is 1. The molecular formula is C40H38O8. The van der Waals surface area contributed by atoms with Crippen LogP contribution in [0.2, 0.25) is 0 Å². The number of hydrogen-bond acceptors (Lipinski definition) is 8. The van der Waals surface area contributed by atoms with Crippen LogP contribution in [-0.2, 0) is 16.2 Å². The van der Waals surface area contributed by atoms with Crippen LogP contribution in [0.15, 0.2) is 112 Å². The summed E-state index contributed by atoms with van der Waals surface area (Å²) in [6.45, 7) is 5.90. The second-order valence-electron chi connectivity index (χ2n) is 11.7. The molecule has 8 nitrogen and oxygen atoms in total. The summed E-state index contributed by atoms with van der Waals surface area (Å²) >= 11 is 0. The van der Waals surface area contributed by atoms with E-state index in [-0.39, 0.29) is 19.1 Å². The fraction of sp³-hybridized carbons (Fsp3) is 0.225. The highest BCUT2D eigenvalue weighted by atomic mass is 16.6. The first-order chi connectivity index (χ1) is 23.2. The highest BCUT2D eigenvalue weighted by Crippen LogP contribution is 2.33. The zero-order valence-corrected chi connectivity index (χ0v) is 27.2. The Bertz CT molecular complexity index is 1960. The van der Waals surface area contributed by atoms with Crippen LogP contribution in [0.3, 0.4) is 0 Å². The molecule has 4 aromatic carbocycles. The molecule has 5 rings (SSSR count). The van der Waals surface area contributed by atoms with Gasteiger partial charge in [-0.2, -0.15) is 0 Å². The van der Waals surface area contributed by atoms with Gasteiger partial charge in [0.15, 0.2) is 6.61 Å². The Morgan fingerprint density at radius 3 is 2.23 bits per heavy atom. The molecule has 0 aliphatic rings. The number of aryl methyl sites for hydroxylation is 1. The van der Waals surface area contributed by atoms with E-state index in [1.807, 2.05) is 61.5 Å². The smallest absolute Gasteiger partial charge is 0.349 e. The molecule has 2 atom stereocenters. The number of rotatable bonds is 13. The summed E-state index contributed by atoms with van der Waals surface area (Å²) in [5.74, 6) is 0.872. The Balaban J connectivity index is 1.11. The van der Waals surface area contributed by atoms with Crippen LogP contribution < -0.4 is 19.8 Å². The maximum atomic E-state index is 12.5. The molecule has 0 bridgehead atoms. The van der Waals surface area contributed by atoms with Gasteiger partial charge in [0.05, 0.1) is 6.61 Å². The van der Waals surface area contributed by atoms with E-state index in [1.165, 1.54) is 12.1 Å². The lowest BCUT2D eigenvalue weighted by Gasteiger charge is -2.21. The van der Waals surface area contributed by atoms with Gasteiger partial charge in [-0.05, 0) is 108 Å². The number of hydrogen-bond donors (Lipinski definition) is 1. The normalized spacial score (nSPS) is 12.5. The van der Waals surface area contributed by atoms with Crippen molar-refractivity contribution in [2.45, 2.75) is 52.1 Å². The van der Waals surface area contributed by atoms with Crippen molar-refractivity contribution in [2.75, 3.05) is 6.61 Å². The van der Waals surface area contributed by atoms with Crippen molar-refractivity contribution in [3.8, 4) is 17.2 Å². The third-order valence-electron chi connectivity index (χ3n) is 8.20. The van der Waals surface area contributed by atoms with Crippen LogP contribution in [0, 0.1) is 6.92 Å². The van der Waals surface area contributed by atoms with Crippen molar-refractivity contribution in [2.24, 2.45) is 0 Å². The Labute approximate surface area is 279 Å². The van der Waals surface area contributed by atoms with Gasteiger partial charge in [-0.15, -0.1) is 0 Å². The SMILES string of the molecule is CCC(CC(C)c1ccc(OC(=O)COc2ccc3oc(=O)ccc3c2)cc1)c1ccc(OC(=O)/C=C/c2cc(C)ccc2CO)cc1. The standard InChI is InChI=1S/C40H38O8/c1-4-28(30-9-15-34(16-10-30)46-38(42)19-11-31-21-26(2)5-6-33(31)24-41)22-27(3)29-7-13-35(14-8-29)47-40(44)25-45-36-17-18-37-32(23-36)12-20-39(43)48-37/h5-21,23,27-28,41H,4,22,24-25H2,1-3H3/b19-11+. The molecule has 1 heterocycles. The molecule has 0 aliphatic carbocycles. The minimum Gasteiger partial charge on any atom is -0.482 e. The Kier molecular flexibility index (Phi) is 11.2. The zero-order chi connectivity index (χ0) is 34.0. The van der Waals surface area contributed by atoms with Gasteiger partial charge < -0.3 is 23.7 Å². The minimum absolute atomic E-state index is 0.107. The van der Waals surface area contributed by atoms with Crippen molar-refractivity contribution in [1.82, 2.24) is 0 Å². The largest absolute Gasteiger partial charge is 0.482 e. The summed E-state index contributed by atoms with van der Waals surface area (Å²) in [4.78, 5) is 36.2. The summed E-state index contributed by atoms with van der Waals surface area (Å²) in [6, 6.07) is 28.7. The average molecular weight is 647 g/mol. The quantitative estimate of drug-likeness (QED) is 0.0595. The van der Waals surface area contributed by atoms with Gasteiger partial charge in [0.25, 0.3) is 0 Å². The number of carbonyl (C=O) groups is 2. The van der Waals surface area contributed by atoms with Gasteiger partial charge in [0.1, 0.15) is 22.8 Å². The molecule has 1 N–H and O–H groups in total. The van der Waals surface area contributed by atoms with Crippen molar-refractivity contribution in [3.05, 3.63) is 141 Å². The second-order valence-corrected chi connectivity index (χ2v) is 11.7. The van der Waals surface area contributed by atoms with Gasteiger partial charge >= 0.3 is 17.6 Å². The molecule has 1 aromatic heterocycles. The van der Waals surface area contributed by atoms with E-state index in [4.69, 9.17) is 18.6 Å². The monoisotopic (exact) mass is 646 g/mol. The van der Waals surface area contributed by atoms with Crippen LogP contribution in [-0.4, -0.2) is 23.7 Å². The van der Waals surface area contributed by atoms with Crippen LogP contribution >= 0.6 is 0 Å². The molecule has 0 aliphatic heterocycles. The second kappa shape index (κ2) is 15.9. The van der Waals surface area contributed by atoms with Gasteiger partial charge in [-0.3, -0.25) is 0 Å². The Hall–Kier alpha value is -5.47. The van der Waals surface area contributed by atoms with E-state index in [0.29, 0.717) is 34.1 Å². The first-order valence-corrected chi connectivity index (χ1v) is 15.9. The number of aliphatic hydroxyl groups excluding tert-OH is 1. The fourth-order valence-corrected chi connectivity index (χ4v) is 5.54. The third kappa shape index (κ3) is 9.08. The maximum Gasteiger partial charge on any atom is 0.349 e. The summed E-state index contributed by atoms with van der Waals surface area (Å²) in [7, 11) is 0. The molecule has 0 amide bonds. The van der Waals surface area contributed by atoms with E-state index < -0.39 is 17.6 Å². The van der Waals surface area contributed by atoms with E-state index in [9.17, 15) is 19.5 Å². The van der Waals surface area contributed by atoms with Crippen molar-refractivity contribution < 1.29 is 33.3 Å². The maximum absolute atomic E-state index is 12.5. The van der Waals surface area contributed by atoms with Gasteiger partial charge in [0.2, 0.25) is 0 Å². The summed E-state index contributed by atoms with van der Waals surface area (Å²) < 4.78 is 21.7. The van der Waals surface area contributed by atoms with Crippen LogP contribution in [0.4, 0.5) is 0 Å². The summed E-state index contributed by atoms with van der Waals surface area (Å²) in [5, 5.41) is 10.2. The van der Waals surface area contributed by atoms with E-state index in [0.717, 1.165) is 40.7 Å². The molecule has 8 heteroatoms. The topological polar surface area (TPSA) is 112 Å². The molecule has 0 radical (unpaired) electrons. The third-order valence-corrected chi connectivity index (χ3v) is 8.20. The molecule has 0 saturated heterocycles. The lowest BCUT2D eigenvalue weighted by Crippen LogP contribution is -2.17. The number of carbonyl (C=O) groups excluding carboxylic acids is 2. The molecular weight excluding hydrogens is 608 g/mol. The molecule has 2 unspecified atom stereocenters. The van der Waals surface area contributed by atoms with Gasteiger partial charge in [0, 0.05) is 17.5 Å². The highest BCUT2D eigenvalue weighted by Gasteiger charge is 2.16. The first kappa shape index (κ1) is 33.9. The average Bonchev–Trinajstić information content (AvgIpc) is 3.09. The molecule has 5 aromatic rings. The van der Waals surface area contributed by atoms with E-state index in [1.54, 1.807) is 42.5 Å². The number of ether oxygens (including phenoxy) is 3. The Morgan fingerprint density at radius 1 is 0.833 bits per heavy atom. The van der Waals surface area contributed by atoms with Crippen molar-refractivity contribution >= 4 is 29.0 Å². The lowest BCUT2D eigenvalue weighted by molar-refractivity contribution is -0.136. The van der Waals surface area contributed by atoms with Crippen molar-refractivity contribution in [1.29, 1.82) is 0 Å². The number of benzene rings is 4. The lowest BCUT2D eigenvalue weighted by atomic mass is 9.84. The van der Waals surface area contributed by atoms with Crippen molar-refractivity contribution in [3.63, 3.8) is 0 Å². The van der Waals surface area contributed by atoms with Gasteiger partial charge in [-0.1, -0.05) is 61.9 Å². The molecule has 246 valence electrons. The van der Waals surface area contributed by atoms with Crippen LogP contribution in [0.1, 0.15) is 66.3 Å². The zero-order valence-electron chi connectivity index (χ0n) is 27.2. The summed E-state index contributed by atoms with van der Waals surface area (Å²) in [6.07, 6.45) is 4.88. The summed E-state index contributed by atoms with van der Waals surface area (Å²) in [5.41, 5.74) is 4.86. The van der Waals surface area contributed by atoms with E-state index >= 15 is 0 Å². The molecule has 0 saturated carbocycles. The fourth-order valence-electron chi connectivity index (χ4n) is 5.54. The first-order valence-electron chi connectivity index (χ1n) is 15.9. The number of esters is 2. The minimum atomic E-state index is -0.534. The Morgan fingerprint density at radius 2 is 1.52 bits per heavy atom. The van der Waals surface area contributed by atoms with Crippen LogP contribution in [0.25, 0.3) is 17.0 Å². The molecule has 0 spiro atoms. The highest BCUT2D eigenvalue weighted by molar-refractivity contribution is 5.89. The molecule has 0 fully saturated rings. The number of aliphatic hydroxyl groups is 1. The van der Waals surface area contributed by atoms with Crippen LogP contribution in [0.5, 0.6) is 17.2 Å². The van der Waals surface area contributed by atoms with Gasteiger partial charge in [-0.25, -0.2) is 14.4 Å². The molecule has 48 heavy (non-hydrogen) atoms. The predicted octanol–water partition coefficient (Wildman–Crippen LogP) is 7.88. The predicted molar refractivity (Wildman–Crippen MR) is 184 cm³/mol.